The van der Waals surface area contributed by atoms with Crippen LogP contribution in [-0.2, 0) is 9.31 Å². The van der Waals surface area contributed by atoms with Crippen LogP contribution >= 0.6 is 11.6 Å². The number of rotatable bonds is 3. The van der Waals surface area contributed by atoms with Crippen LogP contribution in [0.15, 0.2) is 48.5 Å². The van der Waals surface area contributed by atoms with Crippen molar-refractivity contribution in [1.29, 1.82) is 0 Å². The molecule has 1 heterocycles. The molecule has 124 valence electrons. The Labute approximate surface area is 148 Å². The molecule has 0 aromatic heterocycles. The third-order valence-corrected chi connectivity index (χ3v) is 5.07. The molecule has 2 aromatic rings. The molecular weight excluding hydrogens is 322 g/mol. The summed E-state index contributed by atoms with van der Waals surface area (Å²) < 4.78 is 12.2. The molecule has 0 atom stereocenters. The van der Waals surface area contributed by atoms with Gasteiger partial charge in [0.05, 0.1) is 11.2 Å². The molecule has 1 saturated heterocycles. The fraction of sp³-hybridized carbons (Fsp3) is 0.316. The Bertz CT molecular complexity index is 752. The predicted molar refractivity (Wildman–Crippen MR) is 97.0 cm³/mol. The molecule has 24 heavy (non-hydrogen) atoms. The number of carbonyl (C=O) groups is 1. The Morgan fingerprint density at radius 3 is 2.04 bits per heavy atom. The van der Waals surface area contributed by atoms with Crippen molar-refractivity contribution < 1.29 is 14.1 Å². The van der Waals surface area contributed by atoms with E-state index in [1.807, 2.05) is 45.9 Å². The second-order valence-corrected chi connectivity index (χ2v) is 7.45. The molecular formula is C19H20BClO3. The Balaban J connectivity index is 1.98. The van der Waals surface area contributed by atoms with Crippen LogP contribution in [0.25, 0.3) is 0 Å². The molecule has 3 rings (SSSR count). The first-order chi connectivity index (χ1) is 11.2. The summed E-state index contributed by atoms with van der Waals surface area (Å²) in [4.78, 5) is 12.9. The third kappa shape index (κ3) is 3.02. The minimum atomic E-state index is -0.567. The van der Waals surface area contributed by atoms with Crippen molar-refractivity contribution in [2.45, 2.75) is 38.9 Å². The van der Waals surface area contributed by atoms with Crippen molar-refractivity contribution in [3.63, 3.8) is 0 Å². The van der Waals surface area contributed by atoms with Gasteiger partial charge in [-0.25, -0.2) is 0 Å². The molecule has 1 aliphatic rings. The van der Waals surface area contributed by atoms with Crippen LogP contribution in [0.4, 0.5) is 0 Å². The molecule has 0 saturated carbocycles. The first-order valence-corrected chi connectivity index (χ1v) is 8.34. The largest absolute Gasteiger partial charge is 0.495 e. The van der Waals surface area contributed by atoms with Crippen molar-refractivity contribution in [3.05, 3.63) is 64.7 Å². The van der Waals surface area contributed by atoms with Crippen LogP contribution in [-0.4, -0.2) is 24.1 Å². The van der Waals surface area contributed by atoms with Gasteiger partial charge in [0.25, 0.3) is 0 Å². The highest BCUT2D eigenvalue weighted by molar-refractivity contribution is 6.64. The van der Waals surface area contributed by atoms with E-state index < -0.39 is 18.3 Å². The van der Waals surface area contributed by atoms with Gasteiger partial charge in [-0.1, -0.05) is 35.9 Å². The van der Waals surface area contributed by atoms with Gasteiger partial charge in [0, 0.05) is 16.1 Å². The molecule has 0 spiro atoms. The lowest BCUT2D eigenvalue weighted by Crippen LogP contribution is -2.41. The molecule has 0 aliphatic carbocycles. The van der Waals surface area contributed by atoms with E-state index in [1.165, 1.54) is 0 Å². The molecule has 2 aromatic carbocycles. The number of carbonyl (C=O) groups excluding carboxylic acids is 1. The maximum atomic E-state index is 12.9. The second kappa shape index (κ2) is 6.03. The summed E-state index contributed by atoms with van der Waals surface area (Å²) in [6.45, 7) is 7.99. The van der Waals surface area contributed by atoms with Gasteiger partial charge in [-0.2, -0.15) is 0 Å². The minimum Gasteiger partial charge on any atom is -0.399 e. The SMILES string of the molecule is CC1(C)OB(c2ccccc2C(=O)c2ccc(Cl)cc2)OC1(C)C. The topological polar surface area (TPSA) is 35.5 Å². The van der Waals surface area contributed by atoms with Crippen molar-refractivity contribution >= 4 is 30.0 Å². The molecule has 0 unspecified atom stereocenters. The Kier molecular flexibility index (Phi) is 4.33. The molecule has 0 N–H and O–H groups in total. The minimum absolute atomic E-state index is 0.0722. The lowest BCUT2D eigenvalue weighted by atomic mass is 9.74. The Morgan fingerprint density at radius 2 is 1.46 bits per heavy atom. The number of ketones is 1. The lowest BCUT2D eigenvalue weighted by molar-refractivity contribution is 0.00578. The van der Waals surface area contributed by atoms with Crippen LogP contribution in [0.1, 0.15) is 43.6 Å². The van der Waals surface area contributed by atoms with E-state index in [4.69, 9.17) is 20.9 Å². The van der Waals surface area contributed by atoms with E-state index in [2.05, 4.69) is 0 Å². The van der Waals surface area contributed by atoms with E-state index in [-0.39, 0.29) is 5.78 Å². The maximum Gasteiger partial charge on any atom is 0.495 e. The van der Waals surface area contributed by atoms with Gasteiger partial charge >= 0.3 is 7.12 Å². The average Bonchev–Trinajstić information content (AvgIpc) is 2.75. The van der Waals surface area contributed by atoms with Crippen LogP contribution in [0.3, 0.4) is 0 Å². The summed E-state index contributed by atoms with van der Waals surface area (Å²) in [6, 6.07) is 14.3. The van der Waals surface area contributed by atoms with Crippen molar-refractivity contribution in [1.82, 2.24) is 0 Å². The zero-order valence-electron chi connectivity index (χ0n) is 14.3. The van der Waals surface area contributed by atoms with Crippen molar-refractivity contribution in [2.75, 3.05) is 0 Å². The van der Waals surface area contributed by atoms with Gasteiger partial charge in [-0.05, 0) is 57.4 Å². The number of hydrogen-bond acceptors (Lipinski definition) is 3. The van der Waals surface area contributed by atoms with Gasteiger partial charge in [-0.3, -0.25) is 4.79 Å². The highest BCUT2D eigenvalue weighted by atomic mass is 35.5. The summed E-state index contributed by atoms with van der Waals surface area (Å²) in [5.74, 6) is -0.0722. The fourth-order valence-corrected chi connectivity index (χ4v) is 2.76. The van der Waals surface area contributed by atoms with Crippen molar-refractivity contribution in [3.8, 4) is 0 Å². The normalized spacial score (nSPS) is 18.6. The molecule has 0 amide bonds. The highest BCUT2D eigenvalue weighted by Crippen LogP contribution is 2.36. The highest BCUT2D eigenvalue weighted by Gasteiger charge is 2.52. The smallest absolute Gasteiger partial charge is 0.399 e. The standard InChI is InChI=1S/C19H20BClO3/c1-18(2)19(3,4)24-20(23-18)16-8-6-5-7-15(16)17(22)13-9-11-14(21)12-10-13/h5-12H,1-4H3. The number of benzene rings is 2. The summed E-state index contributed by atoms with van der Waals surface area (Å²) in [5.41, 5.74) is 1.01. The van der Waals surface area contributed by atoms with E-state index in [9.17, 15) is 4.79 Å². The van der Waals surface area contributed by atoms with E-state index >= 15 is 0 Å². The zero-order valence-corrected chi connectivity index (χ0v) is 15.1. The van der Waals surface area contributed by atoms with Gasteiger partial charge in [0.15, 0.2) is 5.78 Å². The molecule has 3 nitrogen and oxygen atoms in total. The van der Waals surface area contributed by atoms with E-state index in [0.717, 1.165) is 5.46 Å². The Hall–Kier alpha value is -1.62. The van der Waals surface area contributed by atoms with Gasteiger partial charge in [0.1, 0.15) is 0 Å². The van der Waals surface area contributed by atoms with Gasteiger partial charge in [-0.15, -0.1) is 0 Å². The van der Waals surface area contributed by atoms with Gasteiger partial charge in [0.2, 0.25) is 0 Å². The summed E-state index contributed by atoms with van der Waals surface area (Å²) in [7, 11) is -0.567. The van der Waals surface area contributed by atoms with Crippen LogP contribution in [0.2, 0.25) is 5.02 Å². The fourth-order valence-electron chi connectivity index (χ4n) is 2.64. The maximum absolute atomic E-state index is 12.9. The van der Waals surface area contributed by atoms with Crippen molar-refractivity contribution in [2.24, 2.45) is 0 Å². The monoisotopic (exact) mass is 342 g/mol. The van der Waals surface area contributed by atoms with E-state index in [1.54, 1.807) is 30.3 Å². The van der Waals surface area contributed by atoms with Gasteiger partial charge < -0.3 is 9.31 Å². The first-order valence-electron chi connectivity index (χ1n) is 7.96. The molecule has 1 fully saturated rings. The summed E-state index contributed by atoms with van der Waals surface area (Å²) in [6.07, 6.45) is 0. The van der Waals surface area contributed by atoms with Crippen LogP contribution < -0.4 is 5.46 Å². The second-order valence-electron chi connectivity index (χ2n) is 7.01. The average molecular weight is 343 g/mol. The molecule has 0 bridgehead atoms. The summed E-state index contributed by atoms with van der Waals surface area (Å²) >= 11 is 5.91. The molecule has 1 aliphatic heterocycles. The van der Waals surface area contributed by atoms with E-state index in [0.29, 0.717) is 16.1 Å². The predicted octanol–water partition coefficient (Wildman–Crippen LogP) is 3.87. The number of hydrogen-bond donors (Lipinski definition) is 0. The lowest BCUT2D eigenvalue weighted by Gasteiger charge is -2.32. The zero-order chi connectivity index (χ0) is 17.5. The first kappa shape index (κ1) is 17.2. The summed E-state index contributed by atoms with van der Waals surface area (Å²) in [5, 5.41) is 0.603. The molecule has 5 heteroatoms. The Morgan fingerprint density at radius 1 is 0.917 bits per heavy atom. The number of halogens is 1. The van der Waals surface area contributed by atoms with Crippen LogP contribution in [0, 0.1) is 0 Å². The molecule has 0 radical (unpaired) electrons. The van der Waals surface area contributed by atoms with Crippen LogP contribution in [0.5, 0.6) is 0 Å². The third-order valence-electron chi connectivity index (χ3n) is 4.82. The quantitative estimate of drug-likeness (QED) is 0.627.